The number of hydrogen-bond donors (Lipinski definition) is 3. The van der Waals surface area contributed by atoms with Crippen molar-refractivity contribution in [1.29, 1.82) is 0 Å². The van der Waals surface area contributed by atoms with Crippen molar-refractivity contribution in [2.24, 2.45) is 5.73 Å². The largest absolute Gasteiger partial charge is 0.375 e. The fourth-order valence-corrected chi connectivity index (χ4v) is 7.16. The predicted molar refractivity (Wildman–Crippen MR) is 217 cm³/mol. The van der Waals surface area contributed by atoms with E-state index in [2.05, 4.69) is 157 Å². The predicted octanol–water partition coefficient (Wildman–Crippen LogP) is 9.69. The molecule has 256 valence electrons. The van der Waals surface area contributed by atoms with Crippen molar-refractivity contribution in [1.82, 2.24) is 5.32 Å². The topological polar surface area (TPSA) is 53.3 Å². The molecule has 0 saturated heterocycles. The molecule has 4 heteroatoms. The third-order valence-corrected chi connectivity index (χ3v) is 10.00. The quantitative estimate of drug-likeness (QED) is 0.146. The lowest BCUT2D eigenvalue weighted by Crippen LogP contribution is -2.48. The summed E-state index contributed by atoms with van der Waals surface area (Å²) in [6, 6.07) is 7.15. The Morgan fingerprint density at radius 3 is 2.62 bits per heavy atom. The van der Waals surface area contributed by atoms with Crippen molar-refractivity contribution in [3.8, 4) is 0 Å². The minimum absolute atomic E-state index is 0.104. The van der Waals surface area contributed by atoms with E-state index in [1.54, 1.807) is 0 Å². The summed E-state index contributed by atoms with van der Waals surface area (Å²) in [7, 11) is 2.20. The highest BCUT2D eigenvalue weighted by molar-refractivity contribution is 5.78. The molecule has 1 aliphatic heterocycles. The van der Waals surface area contributed by atoms with E-state index >= 15 is 0 Å². The van der Waals surface area contributed by atoms with Crippen LogP contribution in [0.3, 0.4) is 0 Å². The van der Waals surface area contributed by atoms with Gasteiger partial charge >= 0.3 is 0 Å². The van der Waals surface area contributed by atoms with Gasteiger partial charge in [0, 0.05) is 19.1 Å². The van der Waals surface area contributed by atoms with Gasteiger partial charge in [0.15, 0.2) is 0 Å². The second-order valence-corrected chi connectivity index (χ2v) is 13.4. The number of nitrogens with zero attached hydrogens (tertiary/aromatic N) is 1. The molecular formula is C46H52N4. The van der Waals surface area contributed by atoms with Crippen molar-refractivity contribution < 1.29 is 0 Å². The highest BCUT2D eigenvalue weighted by atomic mass is 15.2. The van der Waals surface area contributed by atoms with Gasteiger partial charge in [-0.3, -0.25) is 5.32 Å². The number of likely N-dealkylation sites (N-methyl/N-ethyl adjacent to an activating group) is 1. The summed E-state index contributed by atoms with van der Waals surface area (Å²) in [6.07, 6.45) is 53.3. The minimum Gasteiger partial charge on any atom is -0.375 e. The highest BCUT2D eigenvalue weighted by Crippen LogP contribution is 2.37. The SMILES string of the molecule is C=CC(NC(C=Cc1ccc2c(c1)N(C)C1C=CC(C(/C=C/C=C\C=C/C)=C/C(N)C3=CC=CCC3)=CC1N2)C1=CC=CC1)C1=CCCC=C1. The van der Waals surface area contributed by atoms with Crippen LogP contribution in [0.5, 0.6) is 0 Å². The van der Waals surface area contributed by atoms with Crippen molar-refractivity contribution in [2.75, 3.05) is 17.3 Å². The third kappa shape index (κ3) is 8.63. The summed E-state index contributed by atoms with van der Waals surface area (Å²) in [5.41, 5.74) is 16.5. The molecule has 1 aromatic rings. The molecule has 4 N–H and O–H groups in total. The van der Waals surface area contributed by atoms with E-state index in [9.17, 15) is 0 Å². The van der Waals surface area contributed by atoms with Crippen LogP contribution in [0.2, 0.25) is 0 Å². The van der Waals surface area contributed by atoms with Crippen LogP contribution < -0.4 is 21.3 Å². The van der Waals surface area contributed by atoms with E-state index in [-0.39, 0.29) is 30.2 Å². The standard InChI is InChI=1S/C46H52N4/c1-4-6-7-8-11-24-38(32-40(47)35-18-12-9-13-19-35)39-27-30-45-44(33-39)49-43-29-26-34(31-46(43)50(45)3)25-28-42(37-22-16-17-23-37)48-41(5-2)36-20-14-10-15-21-36/h4-9,11-12,14,16-18,20-22,24-33,40-42,44-45,48-49H,2,10,13,15,19,23,47H2,1,3H3/b6-4-,8-7-,24-11+,28-25?,38-32+. The normalized spacial score (nSPS) is 23.5. The van der Waals surface area contributed by atoms with E-state index in [0.29, 0.717) is 0 Å². The van der Waals surface area contributed by atoms with Gasteiger partial charge in [-0.25, -0.2) is 0 Å². The van der Waals surface area contributed by atoms with Crippen LogP contribution >= 0.6 is 0 Å². The lowest BCUT2D eigenvalue weighted by atomic mass is 9.88. The Morgan fingerprint density at radius 2 is 1.86 bits per heavy atom. The molecule has 6 rings (SSSR count). The van der Waals surface area contributed by atoms with Crippen LogP contribution in [0.15, 0.2) is 180 Å². The molecule has 4 aliphatic carbocycles. The molecule has 1 heterocycles. The summed E-state index contributed by atoms with van der Waals surface area (Å²) >= 11 is 0. The monoisotopic (exact) mass is 660 g/mol. The number of nitrogens with two attached hydrogens (primary N) is 1. The van der Waals surface area contributed by atoms with Crippen molar-refractivity contribution >= 4 is 17.5 Å². The Bertz CT molecular complexity index is 1810. The van der Waals surface area contributed by atoms with Gasteiger partial charge in [0.1, 0.15) is 0 Å². The van der Waals surface area contributed by atoms with E-state index in [4.69, 9.17) is 5.73 Å². The summed E-state index contributed by atoms with van der Waals surface area (Å²) < 4.78 is 0. The number of anilines is 2. The van der Waals surface area contributed by atoms with Crippen LogP contribution in [0, 0.1) is 0 Å². The average Bonchev–Trinajstić information content (AvgIpc) is 3.70. The van der Waals surface area contributed by atoms with E-state index < -0.39 is 0 Å². The Labute approximate surface area is 300 Å². The number of fused-ring (bicyclic) bond motifs is 2. The molecule has 1 aromatic carbocycles. The molecule has 5 atom stereocenters. The first-order valence-corrected chi connectivity index (χ1v) is 18.2. The number of allylic oxidation sites excluding steroid dienone is 17. The number of nitrogens with one attached hydrogen (secondary N) is 2. The number of hydrogen-bond acceptors (Lipinski definition) is 4. The summed E-state index contributed by atoms with van der Waals surface area (Å²) in [5, 5.41) is 7.71. The summed E-state index contributed by atoms with van der Waals surface area (Å²) in [6.45, 7) is 6.18. The molecule has 4 nitrogen and oxygen atoms in total. The first-order chi connectivity index (χ1) is 24.5. The van der Waals surface area contributed by atoms with Crippen LogP contribution in [0.25, 0.3) is 6.08 Å². The highest BCUT2D eigenvalue weighted by Gasteiger charge is 2.31. The number of rotatable bonds is 13. The van der Waals surface area contributed by atoms with Crippen LogP contribution in [-0.4, -0.2) is 37.3 Å². The third-order valence-electron chi connectivity index (χ3n) is 10.00. The molecule has 0 spiro atoms. The van der Waals surface area contributed by atoms with Crippen molar-refractivity contribution in [2.45, 2.75) is 69.2 Å². The zero-order chi connectivity index (χ0) is 34.7. The molecule has 50 heavy (non-hydrogen) atoms. The van der Waals surface area contributed by atoms with Crippen LogP contribution in [-0.2, 0) is 0 Å². The Kier molecular flexibility index (Phi) is 12.0. The maximum atomic E-state index is 6.74. The Hall–Kier alpha value is -4.90. The van der Waals surface area contributed by atoms with Crippen molar-refractivity contribution in [3.63, 3.8) is 0 Å². The zero-order valence-electron chi connectivity index (χ0n) is 29.6. The molecule has 0 saturated carbocycles. The maximum Gasteiger partial charge on any atom is 0.0711 e. The molecule has 0 bridgehead atoms. The van der Waals surface area contributed by atoms with Gasteiger partial charge in [-0.2, -0.15) is 0 Å². The molecule has 0 radical (unpaired) electrons. The molecule has 0 amide bonds. The Balaban J connectivity index is 1.21. The van der Waals surface area contributed by atoms with Gasteiger partial charge in [0.25, 0.3) is 0 Å². The first kappa shape index (κ1) is 34.9. The van der Waals surface area contributed by atoms with E-state index in [1.165, 1.54) is 33.5 Å². The molecule has 0 fully saturated rings. The van der Waals surface area contributed by atoms with Gasteiger partial charge in [0.2, 0.25) is 0 Å². The molecule has 5 aliphatic rings. The molecular weight excluding hydrogens is 609 g/mol. The van der Waals surface area contributed by atoms with Gasteiger partial charge in [-0.1, -0.05) is 140 Å². The van der Waals surface area contributed by atoms with Crippen LogP contribution in [0.1, 0.15) is 44.6 Å². The fraction of sp³-hybridized carbons (Fsp3) is 0.261. The zero-order valence-corrected chi connectivity index (χ0v) is 29.6. The van der Waals surface area contributed by atoms with E-state index in [0.717, 1.165) is 43.4 Å². The second-order valence-electron chi connectivity index (χ2n) is 13.4. The summed E-state index contributed by atoms with van der Waals surface area (Å²) in [5.74, 6) is 0. The molecule has 5 unspecified atom stereocenters. The summed E-state index contributed by atoms with van der Waals surface area (Å²) in [4.78, 5) is 2.40. The molecule has 0 aromatic heterocycles. The van der Waals surface area contributed by atoms with Gasteiger partial charge in [-0.05, 0) is 84.6 Å². The lowest BCUT2D eigenvalue weighted by molar-refractivity contribution is 0.617. The average molecular weight is 661 g/mol. The van der Waals surface area contributed by atoms with Crippen LogP contribution in [0.4, 0.5) is 11.4 Å². The smallest absolute Gasteiger partial charge is 0.0711 e. The van der Waals surface area contributed by atoms with E-state index in [1.807, 2.05) is 31.2 Å². The Morgan fingerprint density at radius 1 is 1.00 bits per heavy atom. The fourth-order valence-electron chi connectivity index (χ4n) is 7.16. The van der Waals surface area contributed by atoms with Gasteiger partial charge in [0.05, 0.1) is 29.5 Å². The van der Waals surface area contributed by atoms with Gasteiger partial charge < -0.3 is 16.0 Å². The van der Waals surface area contributed by atoms with Gasteiger partial charge in [-0.15, -0.1) is 6.58 Å². The first-order valence-electron chi connectivity index (χ1n) is 18.2. The van der Waals surface area contributed by atoms with Crippen molar-refractivity contribution in [3.05, 3.63) is 186 Å². The second kappa shape index (κ2) is 17.2. The number of benzene rings is 1. The maximum absolute atomic E-state index is 6.74. The minimum atomic E-state index is -0.125. The lowest BCUT2D eigenvalue weighted by Gasteiger charge is -2.42.